The van der Waals surface area contributed by atoms with Crippen molar-refractivity contribution >= 4 is 5.97 Å². The van der Waals surface area contributed by atoms with E-state index in [2.05, 4.69) is 5.32 Å². The lowest BCUT2D eigenvalue weighted by molar-refractivity contribution is -0.145. The van der Waals surface area contributed by atoms with Crippen LogP contribution in [-0.4, -0.2) is 28.8 Å². The SMILES string of the molecule is CC(CC(C)(NC1CC1)C(=O)O)Oc1cc(F)cc(F)c1. The third kappa shape index (κ3) is 4.39. The van der Waals surface area contributed by atoms with E-state index < -0.39 is 29.2 Å². The summed E-state index contributed by atoms with van der Waals surface area (Å²) < 4.78 is 31.6. The molecular weight excluding hydrogens is 280 g/mol. The Morgan fingerprint density at radius 1 is 1.43 bits per heavy atom. The van der Waals surface area contributed by atoms with E-state index in [0.717, 1.165) is 31.0 Å². The van der Waals surface area contributed by atoms with Crippen LogP contribution in [0.3, 0.4) is 0 Å². The molecular formula is C15H19F2NO3. The molecule has 1 saturated carbocycles. The van der Waals surface area contributed by atoms with Gasteiger partial charge in [0.1, 0.15) is 22.9 Å². The second kappa shape index (κ2) is 5.97. The summed E-state index contributed by atoms with van der Waals surface area (Å²) in [7, 11) is 0. The molecule has 0 saturated heterocycles. The molecule has 1 fully saturated rings. The Morgan fingerprint density at radius 3 is 2.48 bits per heavy atom. The lowest BCUT2D eigenvalue weighted by Crippen LogP contribution is -2.52. The fourth-order valence-corrected chi connectivity index (χ4v) is 2.33. The van der Waals surface area contributed by atoms with Crippen molar-refractivity contribution in [1.29, 1.82) is 0 Å². The predicted octanol–water partition coefficient (Wildman–Crippen LogP) is 2.72. The Bertz CT molecular complexity index is 513. The fourth-order valence-electron chi connectivity index (χ4n) is 2.33. The number of halogens is 2. The maximum Gasteiger partial charge on any atom is 0.323 e. The Balaban J connectivity index is 2.01. The molecule has 2 rings (SSSR count). The van der Waals surface area contributed by atoms with E-state index in [-0.39, 0.29) is 18.2 Å². The van der Waals surface area contributed by atoms with Crippen LogP contribution in [0.1, 0.15) is 33.1 Å². The van der Waals surface area contributed by atoms with Crippen LogP contribution in [0.5, 0.6) is 5.75 Å². The molecule has 2 N–H and O–H groups in total. The minimum absolute atomic E-state index is 0.0548. The first kappa shape index (κ1) is 15.7. The van der Waals surface area contributed by atoms with Gasteiger partial charge in [0.2, 0.25) is 0 Å². The fraction of sp³-hybridized carbons (Fsp3) is 0.533. The largest absolute Gasteiger partial charge is 0.490 e. The van der Waals surface area contributed by atoms with Crippen LogP contribution in [0, 0.1) is 11.6 Å². The van der Waals surface area contributed by atoms with Crippen LogP contribution in [0.4, 0.5) is 8.78 Å². The van der Waals surface area contributed by atoms with E-state index in [9.17, 15) is 18.7 Å². The first-order chi connectivity index (χ1) is 9.78. The minimum Gasteiger partial charge on any atom is -0.490 e. The Hall–Kier alpha value is -1.69. The van der Waals surface area contributed by atoms with Gasteiger partial charge in [-0.3, -0.25) is 10.1 Å². The maximum atomic E-state index is 13.1. The van der Waals surface area contributed by atoms with Crippen molar-refractivity contribution < 1.29 is 23.4 Å². The van der Waals surface area contributed by atoms with Crippen molar-refractivity contribution in [3.05, 3.63) is 29.8 Å². The zero-order chi connectivity index (χ0) is 15.6. The molecule has 0 bridgehead atoms. The average Bonchev–Trinajstić information content (AvgIpc) is 3.10. The molecule has 0 aromatic heterocycles. The van der Waals surface area contributed by atoms with E-state index in [4.69, 9.17) is 4.74 Å². The van der Waals surface area contributed by atoms with Crippen molar-refractivity contribution in [2.45, 2.75) is 50.8 Å². The number of rotatable bonds is 7. The van der Waals surface area contributed by atoms with Gasteiger partial charge in [0.25, 0.3) is 0 Å². The molecule has 1 aromatic rings. The highest BCUT2D eigenvalue weighted by Crippen LogP contribution is 2.26. The second-order valence-corrected chi connectivity index (χ2v) is 5.79. The molecule has 1 aromatic carbocycles. The van der Waals surface area contributed by atoms with Gasteiger partial charge in [-0.25, -0.2) is 8.78 Å². The van der Waals surface area contributed by atoms with Gasteiger partial charge >= 0.3 is 5.97 Å². The van der Waals surface area contributed by atoms with Crippen LogP contribution in [0.25, 0.3) is 0 Å². The van der Waals surface area contributed by atoms with Gasteiger partial charge < -0.3 is 9.84 Å². The number of carboxylic acid groups (broad SMARTS) is 1. The summed E-state index contributed by atoms with van der Waals surface area (Å²) in [6.45, 7) is 3.28. The lowest BCUT2D eigenvalue weighted by Gasteiger charge is -2.29. The van der Waals surface area contributed by atoms with E-state index in [1.807, 2.05) is 0 Å². The van der Waals surface area contributed by atoms with Gasteiger partial charge in [-0.1, -0.05) is 0 Å². The van der Waals surface area contributed by atoms with Crippen molar-refractivity contribution in [3.8, 4) is 5.75 Å². The Morgan fingerprint density at radius 2 is 2.00 bits per heavy atom. The smallest absolute Gasteiger partial charge is 0.323 e. The minimum atomic E-state index is -1.12. The summed E-state index contributed by atoms with van der Waals surface area (Å²) in [5, 5.41) is 12.5. The van der Waals surface area contributed by atoms with Gasteiger partial charge in [0.15, 0.2) is 0 Å². The monoisotopic (exact) mass is 299 g/mol. The van der Waals surface area contributed by atoms with Gasteiger partial charge in [-0.15, -0.1) is 0 Å². The van der Waals surface area contributed by atoms with Crippen molar-refractivity contribution in [3.63, 3.8) is 0 Å². The van der Waals surface area contributed by atoms with E-state index in [1.54, 1.807) is 13.8 Å². The molecule has 0 spiro atoms. The summed E-state index contributed by atoms with van der Waals surface area (Å²) in [6, 6.07) is 3.14. The number of carboxylic acids is 1. The molecule has 2 atom stereocenters. The number of nitrogens with one attached hydrogen (secondary N) is 1. The number of carbonyl (C=O) groups is 1. The molecule has 1 aliphatic carbocycles. The van der Waals surface area contributed by atoms with Gasteiger partial charge in [-0.05, 0) is 26.7 Å². The highest BCUT2D eigenvalue weighted by Gasteiger charge is 2.40. The quantitative estimate of drug-likeness (QED) is 0.813. The van der Waals surface area contributed by atoms with Crippen LogP contribution >= 0.6 is 0 Å². The van der Waals surface area contributed by atoms with Gasteiger partial charge in [0.05, 0.1) is 6.10 Å². The predicted molar refractivity (Wildman–Crippen MR) is 73.3 cm³/mol. The highest BCUT2D eigenvalue weighted by molar-refractivity contribution is 5.78. The van der Waals surface area contributed by atoms with Crippen molar-refractivity contribution in [2.24, 2.45) is 0 Å². The third-order valence-corrected chi connectivity index (χ3v) is 3.44. The number of hydrogen-bond donors (Lipinski definition) is 2. The number of ether oxygens (including phenoxy) is 1. The summed E-state index contributed by atoms with van der Waals surface area (Å²) in [4.78, 5) is 11.4. The molecule has 0 aliphatic heterocycles. The zero-order valence-corrected chi connectivity index (χ0v) is 12.0. The zero-order valence-electron chi connectivity index (χ0n) is 12.0. The Kier molecular flexibility index (Phi) is 4.46. The normalized spacial score (nSPS) is 18.9. The molecule has 0 amide bonds. The molecule has 21 heavy (non-hydrogen) atoms. The van der Waals surface area contributed by atoms with Gasteiger partial charge in [-0.2, -0.15) is 0 Å². The standard InChI is InChI=1S/C15H19F2NO3/c1-9(21-13-6-10(16)5-11(17)7-13)8-15(2,14(19)20)18-12-3-4-12/h5-7,9,12,18H,3-4,8H2,1-2H3,(H,19,20). The van der Waals surface area contributed by atoms with Crippen LogP contribution in [0.2, 0.25) is 0 Å². The van der Waals surface area contributed by atoms with E-state index in [1.165, 1.54) is 0 Å². The number of hydrogen-bond acceptors (Lipinski definition) is 3. The van der Waals surface area contributed by atoms with E-state index in [0.29, 0.717) is 0 Å². The van der Waals surface area contributed by atoms with Crippen LogP contribution in [0.15, 0.2) is 18.2 Å². The topological polar surface area (TPSA) is 58.6 Å². The molecule has 0 radical (unpaired) electrons. The van der Waals surface area contributed by atoms with Crippen molar-refractivity contribution in [2.75, 3.05) is 0 Å². The molecule has 1 aliphatic rings. The Labute approximate surface area is 122 Å². The first-order valence-electron chi connectivity index (χ1n) is 6.92. The molecule has 0 heterocycles. The summed E-state index contributed by atoms with van der Waals surface area (Å²) in [6.07, 6.45) is 1.62. The van der Waals surface area contributed by atoms with Crippen molar-refractivity contribution in [1.82, 2.24) is 5.32 Å². The third-order valence-electron chi connectivity index (χ3n) is 3.44. The summed E-state index contributed by atoms with van der Waals surface area (Å²) in [5.41, 5.74) is -1.12. The summed E-state index contributed by atoms with van der Waals surface area (Å²) >= 11 is 0. The molecule has 2 unspecified atom stereocenters. The molecule has 116 valence electrons. The number of benzene rings is 1. The van der Waals surface area contributed by atoms with Crippen LogP contribution in [-0.2, 0) is 4.79 Å². The highest BCUT2D eigenvalue weighted by atomic mass is 19.1. The second-order valence-electron chi connectivity index (χ2n) is 5.79. The number of aliphatic carboxylic acids is 1. The first-order valence-corrected chi connectivity index (χ1v) is 6.92. The van der Waals surface area contributed by atoms with E-state index >= 15 is 0 Å². The van der Waals surface area contributed by atoms with Gasteiger partial charge in [0, 0.05) is 30.7 Å². The van der Waals surface area contributed by atoms with Crippen LogP contribution < -0.4 is 10.1 Å². The molecule has 6 heteroatoms. The average molecular weight is 299 g/mol. The maximum absolute atomic E-state index is 13.1. The molecule has 4 nitrogen and oxygen atoms in total. The lowest BCUT2D eigenvalue weighted by atomic mass is 9.94. The summed E-state index contributed by atoms with van der Waals surface area (Å²) in [5.74, 6) is -2.36.